The first-order chi connectivity index (χ1) is 4.76. The van der Waals surface area contributed by atoms with Gasteiger partial charge in [0.25, 0.3) is 0 Å². The van der Waals surface area contributed by atoms with Crippen LogP contribution in [0.1, 0.15) is 0 Å². The zero-order chi connectivity index (χ0) is 7.98. The molecule has 0 heterocycles. The highest BCUT2D eigenvalue weighted by Crippen LogP contribution is 1.89. The summed E-state index contributed by atoms with van der Waals surface area (Å²) in [6.07, 6.45) is 1.48. The number of rotatable bonds is 1. The zero-order valence-corrected chi connectivity index (χ0v) is 4.92. The van der Waals surface area contributed by atoms with Crippen LogP contribution in [-0.4, -0.2) is 0 Å². The molecule has 0 saturated heterocycles. The second kappa shape index (κ2) is 3.77. The van der Waals surface area contributed by atoms with Crippen LogP contribution in [0.25, 0.3) is 0 Å². The number of hydrogen-bond acceptors (Lipinski definition) is 5. The van der Waals surface area contributed by atoms with E-state index in [1.807, 2.05) is 5.32 Å². The lowest BCUT2D eigenvalue weighted by Crippen LogP contribution is -2.16. The summed E-state index contributed by atoms with van der Waals surface area (Å²) in [6.45, 7) is 0. The Kier molecular flexibility index (Phi) is 2.94. The van der Waals surface area contributed by atoms with Crippen molar-refractivity contribution in [3.8, 4) is 18.3 Å². The molecule has 0 rings (SSSR count). The van der Waals surface area contributed by atoms with E-state index < -0.39 is 0 Å². The number of allylic oxidation sites excluding steroid dienone is 1. The Morgan fingerprint density at radius 3 is 2.00 bits per heavy atom. The van der Waals surface area contributed by atoms with E-state index in [1.54, 1.807) is 0 Å². The summed E-state index contributed by atoms with van der Waals surface area (Å²) in [4.78, 5) is 0. The normalized spacial score (nSPS) is 6.10. The third kappa shape index (κ3) is 1.73. The van der Waals surface area contributed by atoms with Crippen molar-refractivity contribution in [2.24, 2.45) is 5.73 Å². The average molecular weight is 133 g/mol. The topological polar surface area (TPSA) is 109 Å². The predicted molar refractivity (Wildman–Crippen MR) is 31.2 cm³/mol. The molecule has 48 valence electrons. The van der Waals surface area contributed by atoms with Gasteiger partial charge in [0.15, 0.2) is 11.8 Å². The molecule has 5 nitrogen and oxygen atoms in total. The standard InChI is InChI=1S/C5H3N5/c6-1-4(2-7)5(9)10-3-8/h10H,9H2. The van der Waals surface area contributed by atoms with Gasteiger partial charge in [0.1, 0.15) is 18.0 Å². The molecule has 0 atom stereocenters. The second-order valence-corrected chi connectivity index (χ2v) is 1.25. The van der Waals surface area contributed by atoms with E-state index in [4.69, 9.17) is 21.5 Å². The molecule has 0 aromatic carbocycles. The van der Waals surface area contributed by atoms with Crippen molar-refractivity contribution in [2.45, 2.75) is 0 Å². The van der Waals surface area contributed by atoms with Gasteiger partial charge in [0.05, 0.1) is 0 Å². The molecule has 0 bridgehead atoms. The second-order valence-electron chi connectivity index (χ2n) is 1.25. The molecule has 3 N–H and O–H groups in total. The van der Waals surface area contributed by atoms with Crippen LogP contribution in [0.4, 0.5) is 0 Å². The summed E-state index contributed by atoms with van der Waals surface area (Å²) in [5.41, 5.74) is 4.76. The maximum absolute atomic E-state index is 8.16. The van der Waals surface area contributed by atoms with E-state index in [0.717, 1.165) is 0 Å². The quantitative estimate of drug-likeness (QED) is 0.278. The molecule has 0 aromatic rings. The Hall–Kier alpha value is -2.19. The van der Waals surface area contributed by atoms with Gasteiger partial charge in [-0.3, -0.25) is 5.32 Å². The van der Waals surface area contributed by atoms with E-state index in [1.165, 1.54) is 18.3 Å². The smallest absolute Gasteiger partial charge is 0.182 e. The van der Waals surface area contributed by atoms with Crippen LogP contribution < -0.4 is 11.1 Å². The molecular weight excluding hydrogens is 130 g/mol. The molecule has 5 heteroatoms. The molecule has 10 heavy (non-hydrogen) atoms. The molecule has 0 aliphatic rings. The molecule has 0 aliphatic carbocycles. The summed E-state index contributed by atoms with van der Waals surface area (Å²) in [6, 6.07) is 3.03. The largest absolute Gasteiger partial charge is 0.383 e. The van der Waals surface area contributed by atoms with Crippen molar-refractivity contribution in [3.05, 3.63) is 11.4 Å². The van der Waals surface area contributed by atoms with E-state index in [0.29, 0.717) is 0 Å². The lowest BCUT2D eigenvalue weighted by molar-refractivity contribution is 1.03. The molecule has 0 aromatic heterocycles. The molecule has 0 fully saturated rings. The van der Waals surface area contributed by atoms with Crippen LogP contribution >= 0.6 is 0 Å². The van der Waals surface area contributed by atoms with Gasteiger partial charge in [-0.25, -0.2) is 0 Å². The van der Waals surface area contributed by atoms with E-state index in [9.17, 15) is 0 Å². The fourth-order valence-electron chi connectivity index (χ4n) is 0.268. The van der Waals surface area contributed by atoms with Crippen molar-refractivity contribution in [1.82, 2.24) is 5.32 Å². The summed E-state index contributed by atoms with van der Waals surface area (Å²) in [7, 11) is 0. The fourth-order valence-corrected chi connectivity index (χ4v) is 0.268. The van der Waals surface area contributed by atoms with Gasteiger partial charge in [0.2, 0.25) is 0 Å². The Balaban J connectivity index is 4.56. The molecule has 0 aliphatic heterocycles. The van der Waals surface area contributed by atoms with Crippen LogP contribution in [0.5, 0.6) is 0 Å². The van der Waals surface area contributed by atoms with Gasteiger partial charge in [0, 0.05) is 0 Å². The van der Waals surface area contributed by atoms with E-state index in [-0.39, 0.29) is 11.4 Å². The molecule has 0 radical (unpaired) electrons. The molecule has 0 amide bonds. The maximum Gasteiger partial charge on any atom is 0.182 e. The Morgan fingerprint density at radius 1 is 1.20 bits per heavy atom. The molecule has 0 spiro atoms. The Bertz CT molecular complexity index is 252. The van der Waals surface area contributed by atoms with E-state index >= 15 is 0 Å². The monoisotopic (exact) mass is 133 g/mol. The fraction of sp³-hybridized carbons (Fsp3) is 0. The SMILES string of the molecule is N#CNC(N)=C(C#N)C#N. The minimum absolute atomic E-state index is 0.215. The van der Waals surface area contributed by atoms with Crippen LogP contribution in [0.3, 0.4) is 0 Å². The number of nitrogens with zero attached hydrogens (tertiary/aromatic N) is 3. The number of nitrogens with one attached hydrogen (secondary N) is 1. The van der Waals surface area contributed by atoms with Crippen LogP contribution in [-0.2, 0) is 0 Å². The average Bonchev–Trinajstić information content (AvgIpc) is 1.91. The van der Waals surface area contributed by atoms with Crippen molar-refractivity contribution in [2.75, 3.05) is 0 Å². The van der Waals surface area contributed by atoms with Gasteiger partial charge >= 0.3 is 0 Å². The lowest BCUT2D eigenvalue weighted by Gasteiger charge is -1.91. The zero-order valence-electron chi connectivity index (χ0n) is 4.92. The highest BCUT2D eigenvalue weighted by molar-refractivity contribution is 5.38. The van der Waals surface area contributed by atoms with Crippen molar-refractivity contribution in [1.29, 1.82) is 15.8 Å². The highest BCUT2D eigenvalue weighted by atomic mass is 15.0. The summed E-state index contributed by atoms with van der Waals surface area (Å²) in [5.74, 6) is -0.215. The maximum atomic E-state index is 8.16. The molecule has 0 unspecified atom stereocenters. The summed E-state index contributed by atoms with van der Waals surface area (Å²) < 4.78 is 0. The Morgan fingerprint density at radius 2 is 1.70 bits per heavy atom. The van der Waals surface area contributed by atoms with Gasteiger partial charge in [-0.2, -0.15) is 15.8 Å². The lowest BCUT2D eigenvalue weighted by atomic mass is 10.3. The number of hydrogen-bond donors (Lipinski definition) is 2. The van der Waals surface area contributed by atoms with Crippen molar-refractivity contribution >= 4 is 0 Å². The molecule has 0 saturated carbocycles. The summed E-state index contributed by atoms with van der Waals surface area (Å²) >= 11 is 0. The van der Waals surface area contributed by atoms with Gasteiger partial charge in [-0.15, -0.1) is 0 Å². The van der Waals surface area contributed by atoms with Crippen LogP contribution in [0.2, 0.25) is 0 Å². The Labute approximate surface area is 57.6 Å². The first kappa shape index (κ1) is 7.81. The minimum Gasteiger partial charge on any atom is -0.383 e. The molecular formula is C5H3N5. The van der Waals surface area contributed by atoms with E-state index in [2.05, 4.69) is 0 Å². The van der Waals surface area contributed by atoms with Crippen molar-refractivity contribution in [3.63, 3.8) is 0 Å². The predicted octanol–water partition coefficient (Wildman–Crippen LogP) is -0.725. The minimum atomic E-state index is -0.290. The third-order valence-electron chi connectivity index (χ3n) is 0.684. The summed E-state index contributed by atoms with van der Waals surface area (Å²) in [5, 5.41) is 26.3. The third-order valence-corrected chi connectivity index (χ3v) is 0.684. The number of nitriles is 3. The number of nitrogens with two attached hydrogens (primary N) is 1. The van der Waals surface area contributed by atoms with Crippen LogP contribution in [0.15, 0.2) is 11.4 Å². The first-order valence-corrected chi connectivity index (χ1v) is 2.21. The van der Waals surface area contributed by atoms with Gasteiger partial charge in [-0.1, -0.05) is 0 Å². The van der Waals surface area contributed by atoms with Gasteiger partial charge in [-0.05, 0) is 0 Å². The van der Waals surface area contributed by atoms with Gasteiger partial charge < -0.3 is 5.73 Å². The highest BCUT2D eigenvalue weighted by Gasteiger charge is 1.98. The first-order valence-electron chi connectivity index (χ1n) is 2.21. The van der Waals surface area contributed by atoms with Crippen LogP contribution in [0, 0.1) is 34.1 Å². The van der Waals surface area contributed by atoms with Crippen molar-refractivity contribution < 1.29 is 0 Å².